The lowest BCUT2D eigenvalue weighted by atomic mass is 10.2. The number of phenols is 1. The van der Waals surface area contributed by atoms with E-state index in [2.05, 4.69) is 47.7 Å². The van der Waals surface area contributed by atoms with Gasteiger partial charge in [-0.15, -0.1) is 11.3 Å². The minimum absolute atomic E-state index is 0.0112. The van der Waals surface area contributed by atoms with Gasteiger partial charge in [0.05, 0.1) is 10.7 Å². The van der Waals surface area contributed by atoms with Crippen molar-refractivity contribution in [1.29, 1.82) is 0 Å². The zero-order valence-corrected chi connectivity index (χ0v) is 19.3. The first-order valence-corrected chi connectivity index (χ1v) is 11.0. The number of halogens is 2. The molecule has 0 fully saturated rings. The molecule has 30 heavy (non-hydrogen) atoms. The molecule has 3 N–H and O–H groups in total. The largest absolute Gasteiger partial charge is 0.506 e. The van der Waals surface area contributed by atoms with E-state index in [-0.39, 0.29) is 11.4 Å². The molecule has 2 aromatic carbocycles. The van der Waals surface area contributed by atoms with Gasteiger partial charge in [-0.05, 0) is 57.7 Å². The number of phenolic OH excluding ortho intramolecular Hbond substituents is 1. The molecule has 0 atom stereocenters. The molecule has 0 aliphatic rings. The Morgan fingerprint density at radius 2 is 1.83 bits per heavy atom. The number of hydrogen-bond donors (Lipinski definition) is 3. The molecule has 9 heteroatoms. The number of aromatic hydroxyl groups is 1. The highest BCUT2D eigenvalue weighted by Crippen LogP contribution is 2.30. The first kappa shape index (κ1) is 21.9. The molecular weight excluding hydrogens is 534 g/mol. The van der Waals surface area contributed by atoms with Gasteiger partial charge < -0.3 is 10.4 Å². The Morgan fingerprint density at radius 1 is 1.07 bits per heavy atom. The number of hydrazone groups is 1. The van der Waals surface area contributed by atoms with Crippen LogP contribution >= 0.6 is 43.2 Å². The highest BCUT2D eigenvalue weighted by Gasteiger charge is 2.14. The van der Waals surface area contributed by atoms with E-state index in [4.69, 9.17) is 0 Å². The lowest BCUT2D eigenvalue weighted by Crippen LogP contribution is -2.32. The number of hydrogen-bond acceptors (Lipinski definition) is 5. The predicted molar refractivity (Wildman–Crippen MR) is 125 cm³/mol. The molecule has 0 aliphatic heterocycles. The summed E-state index contributed by atoms with van der Waals surface area (Å²) in [7, 11) is 0. The average Bonchev–Trinajstić information content (AvgIpc) is 3.24. The Hall–Kier alpha value is -2.75. The minimum Gasteiger partial charge on any atom is -0.506 e. The summed E-state index contributed by atoms with van der Waals surface area (Å²) >= 11 is 8.00. The summed E-state index contributed by atoms with van der Waals surface area (Å²) in [6.07, 6.45) is 2.88. The molecule has 0 unspecified atom stereocenters. The molecular formula is C21H15Br2N3O3S. The van der Waals surface area contributed by atoms with E-state index in [1.54, 1.807) is 48.5 Å². The van der Waals surface area contributed by atoms with Gasteiger partial charge in [0, 0.05) is 20.5 Å². The van der Waals surface area contributed by atoms with Crippen LogP contribution in [0.15, 0.2) is 79.7 Å². The van der Waals surface area contributed by atoms with Crippen LogP contribution in [0.3, 0.4) is 0 Å². The van der Waals surface area contributed by atoms with Crippen LogP contribution in [0.25, 0.3) is 6.08 Å². The second kappa shape index (κ2) is 10.3. The number of nitrogens with one attached hydrogen (secondary N) is 2. The molecule has 0 bridgehead atoms. The number of carbonyl (C=O) groups excluding carboxylic acids is 2. The van der Waals surface area contributed by atoms with Crippen molar-refractivity contribution >= 4 is 67.3 Å². The Kier molecular flexibility index (Phi) is 7.56. The summed E-state index contributed by atoms with van der Waals surface area (Å²) in [5.41, 5.74) is 3.24. The second-order valence-electron chi connectivity index (χ2n) is 5.92. The van der Waals surface area contributed by atoms with Gasteiger partial charge in [0.25, 0.3) is 11.8 Å². The molecule has 2 amide bonds. The van der Waals surface area contributed by atoms with Crippen LogP contribution in [-0.2, 0) is 4.79 Å². The van der Waals surface area contributed by atoms with Gasteiger partial charge in [0.2, 0.25) is 0 Å². The predicted octanol–water partition coefficient (Wildman–Crippen LogP) is 4.90. The fraction of sp³-hybridized carbons (Fsp3) is 0. The average molecular weight is 549 g/mol. The number of rotatable bonds is 6. The first-order valence-electron chi connectivity index (χ1n) is 8.57. The second-order valence-corrected chi connectivity index (χ2v) is 8.67. The van der Waals surface area contributed by atoms with E-state index in [9.17, 15) is 14.7 Å². The van der Waals surface area contributed by atoms with E-state index in [0.29, 0.717) is 15.6 Å². The van der Waals surface area contributed by atoms with Crippen molar-refractivity contribution in [2.75, 3.05) is 0 Å². The van der Waals surface area contributed by atoms with Gasteiger partial charge in [-0.3, -0.25) is 9.59 Å². The van der Waals surface area contributed by atoms with Crippen molar-refractivity contribution in [3.05, 3.63) is 90.6 Å². The number of benzene rings is 2. The van der Waals surface area contributed by atoms with Gasteiger partial charge in [-0.2, -0.15) is 5.10 Å². The van der Waals surface area contributed by atoms with Gasteiger partial charge in [-0.1, -0.05) is 40.2 Å². The summed E-state index contributed by atoms with van der Waals surface area (Å²) in [5.74, 6) is -1.02. The van der Waals surface area contributed by atoms with E-state index < -0.39 is 11.8 Å². The third-order valence-electron chi connectivity index (χ3n) is 3.79. The van der Waals surface area contributed by atoms with Crippen LogP contribution in [0, 0.1) is 0 Å². The van der Waals surface area contributed by atoms with Crippen molar-refractivity contribution in [3.63, 3.8) is 0 Å². The summed E-state index contributed by atoms with van der Waals surface area (Å²) in [6.45, 7) is 0. The number of nitrogens with zero attached hydrogens (tertiary/aromatic N) is 1. The Bertz CT molecular complexity index is 1110. The van der Waals surface area contributed by atoms with Crippen LogP contribution in [0.4, 0.5) is 0 Å². The van der Waals surface area contributed by atoms with Gasteiger partial charge in [0.1, 0.15) is 11.4 Å². The Labute approximate surface area is 193 Å². The number of thiophene rings is 1. The van der Waals surface area contributed by atoms with Crippen LogP contribution in [0.1, 0.15) is 20.8 Å². The molecule has 152 valence electrons. The Morgan fingerprint density at radius 3 is 2.53 bits per heavy atom. The molecule has 3 rings (SSSR count). The molecule has 1 heterocycles. The van der Waals surface area contributed by atoms with E-state index in [1.165, 1.54) is 17.6 Å². The van der Waals surface area contributed by atoms with E-state index in [0.717, 1.165) is 9.35 Å². The number of amides is 2. The van der Waals surface area contributed by atoms with Crippen LogP contribution in [-0.4, -0.2) is 23.1 Å². The van der Waals surface area contributed by atoms with Crippen LogP contribution in [0.5, 0.6) is 5.75 Å². The first-order chi connectivity index (χ1) is 14.4. The maximum absolute atomic E-state index is 12.7. The highest BCUT2D eigenvalue weighted by atomic mass is 79.9. The fourth-order valence-corrected chi connectivity index (χ4v) is 4.28. The van der Waals surface area contributed by atoms with Crippen LogP contribution < -0.4 is 10.7 Å². The molecule has 0 saturated heterocycles. The van der Waals surface area contributed by atoms with Crippen molar-refractivity contribution in [2.45, 2.75) is 0 Å². The third-order valence-corrected chi connectivity index (χ3v) is 5.67. The zero-order chi connectivity index (χ0) is 21.5. The normalized spacial score (nSPS) is 11.5. The Balaban J connectivity index is 1.78. The van der Waals surface area contributed by atoms with Crippen LogP contribution in [0.2, 0.25) is 0 Å². The monoisotopic (exact) mass is 547 g/mol. The quantitative estimate of drug-likeness (QED) is 0.232. The SMILES string of the molecule is O=C(NN=Cc1cc(Br)cc(Br)c1O)C(=Cc1cccs1)NC(=O)c1ccccc1. The summed E-state index contributed by atoms with van der Waals surface area (Å²) in [6, 6.07) is 15.6. The third kappa shape index (κ3) is 5.88. The van der Waals surface area contributed by atoms with E-state index in [1.807, 2.05) is 17.5 Å². The zero-order valence-electron chi connectivity index (χ0n) is 15.3. The van der Waals surface area contributed by atoms with Gasteiger partial charge in [-0.25, -0.2) is 5.43 Å². The fourth-order valence-electron chi connectivity index (χ4n) is 2.36. The van der Waals surface area contributed by atoms with Gasteiger partial charge in [0.15, 0.2) is 0 Å². The lowest BCUT2D eigenvalue weighted by Gasteiger charge is -2.09. The topological polar surface area (TPSA) is 90.8 Å². The lowest BCUT2D eigenvalue weighted by molar-refractivity contribution is -0.117. The van der Waals surface area contributed by atoms with Crippen molar-refractivity contribution in [1.82, 2.24) is 10.7 Å². The van der Waals surface area contributed by atoms with Crippen molar-refractivity contribution in [2.24, 2.45) is 5.10 Å². The molecule has 0 saturated carbocycles. The molecule has 0 radical (unpaired) electrons. The molecule has 3 aromatic rings. The maximum Gasteiger partial charge on any atom is 0.287 e. The van der Waals surface area contributed by atoms with Crippen molar-refractivity contribution in [3.8, 4) is 5.75 Å². The van der Waals surface area contributed by atoms with Gasteiger partial charge >= 0.3 is 0 Å². The smallest absolute Gasteiger partial charge is 0.287 e. The molecule has 1 aromatic heterocycles. The van der Waals surface area contributed by atoms with E-state index >= 15 is 0 Å². The maximum atomic E-state index is 12.7. The molecule has 0 aliphatic carbocycles. The summed E-state index contributed by atoms with van der Waals surface area (Å²) in [5, 5.41) is 18.5. The molecule has 6 nitrogen and oxygen atoms in total. The number of carbonyl (C=O) groups is 2. The summed E-state index contributed by atoms with van der Waals surface area (Å²) < 4.78 is 1.21. The standard InChI is InChI=1S/C21H15Br2N3O3S/c22-15-9-14(19(27)17(23)10-15)12-24-26-21(29)18(11-16-7-4-8-30-16)25-20(28)13-5-2-1-3-6-13/h1-12,27H,(H,25,28)(H,26,29). The highest BCUT2D eigenvalue weighted by molar-refractivity contribution is 9.11. The minimum atomic E-state index is -0.600. The molecule has 0 spiro atoms. The van der Waals surface area contributed by atoms with Crippen molar-refractivity contribution < 1.29 is 14.7 Å². The summed E-state index contributed by atoms with van der Waals surface area (Å²) in [4.78, 5) is 26.0.